The average Bonchev–Trinajstić information content (AvgIpc) is 3.31. The fourth-order valence-electron chi connectivity index (χ4n) is 3.48. The molecule has 2 atom stereocenters. The van der Waals surface area contributed by atoms with E-state index in [9.17, 15) is 4.79 Å². The van der Waals surface area contributed by atoms with Gasteiger partial charge in [0, 0.05) is 23.5 Å². The van der Waals surface area contributed by atoms with E-state index < -0.39 is 0 Å². The fourth-order valence-corrected chi connectivity index (χ4v) is 3.48. The summed E-state index contributed by atoms with van der Waals surface area (Å²) in [7, 11) is 0. The molecule has 2 aromatic rings. The van der Waals surface area contributed by atoms with Crippen molar-refractivity contribution in [1.29, 1.82) is 0 Å². The normalized spacial score (nSPS) is 21.5. The van der Waals surface area contributed by atoms with E-state index in [0.717, 1.165) is 11.3 Å². The highest BCUT2D eigenvalue weighted by molar-refractivity contribution is 5.89. The highest BCUT2D eigenvalue weighted by atomic mass is 16.6. The molecule has 0 radical (unpaired) electrons. The van der Waals surface area contributed by atoms with Crippen LogP contribution in [0, 0.1) is 5.92 Å². The minimum absolute atomic E-state index is 0.00441. The van der Waals surface area contributed by atoms with Crippen LogP contribution in [0.5, 0.6) is 0 Å². The third-order valence-electron chi connectivity index (χ3n) is 5.81. The van der Waals surface area contributed by atoms with Gasteiger partial charge in [0.1, 0.15) is 12.4 Å². The van der Waals surface area contributed by atoms with Gasteiger partial charge in [-0.3, -0.25) is 9.88 Å². The molecule has 7 nitrogen and oxygen atoms in total. The third-order valence-corrected chi connectivity index (χ3v) is 5.81. The van der Waals surface area contributed by atoms with Crippen LogP contribution in [0.4, 0.5) is 16.6 Å². The lowest BCUT2D eigenvalue weighted by Crippen LogP contribution is -2.37. The SMILES string of the molecule is CC(C)[C@H]1COC(=O)N1c1ccnc(N[C@@H](C)c2ccc(C3(C)CC3)nc2)n1. The van der Waals surface area contributed by atoms with Crippen molar-refractivity contribution in [3.05, 3.63) is 41.9 Å². The second-order valence-corrected chi connectivity index (χ2v) is 8.40. The average molecular weight is 381 g/mol. The molecule has 1 amide bonds. The Bertz CT molecular complexity index is 863. The third kappa shape index (κ3) is 3.53. The van der Waals surface area contributed by atoms with Gasteiger partial charge in [-0.1, -0.05) is 26.8 Å². The Morgan fingerprint density at radius 2 is 2.00 bits per heavy atom. The maximum absolute atomic E-state index is 12.2. The number of ether oxygens (including phenoxy) is 1. The van der Waals surface area contributed by atoms with Crippen LogP contribution in [0.2, 0.25) is 0 Å². The first-order chi connectivity index (χ1) is 13.4. The molecular formula is C21H27N5O2. The Labute approximate surface area is 165 Å². The zero-order valence-electron chi connectivity index (χ0n) is 16.8. The van der Waals surface area contributed by atoms with E-state index in [1.165, 1.54) is 12.8 Å². The smallest absolute Gasteiger partial charge is 0.415 e. The molecule has 0 spiro atoms. The van der Waals surface area contributed by atoms with Gasteiger partial charge in [-0.15, -0.1) is 0 Å². The van der Waals surface area contributed by atoms with Crippen LogP contribution in [0.1, 0.15) is 57.8 Å². The molecule has 0 unspecified atom stereocenters. The van der Waals surface area contributed by atoms with Gasteiger partial charge >= 0.3 is 6.09 Å². The Morgan fingerprint density at radius 3 is 2.64 bits per heavy atom. The molecule has 1 saturated heterocycles. The first-order valence-corrected chi connectivity index (χ1v) is 9.89. The van der Waals surface area contributed by atoms with Gasteiger partial charge in [0.25, 0.3) is 0 Å². The number of aromatic nitrogens is 3. The first kappa shape index (κ1) is 18.7. The second-order valence-electron chi connectivity index (χ2n) is 8.40. The molecule has 1 N–H and O–H groups in total. The Balaban J connectivity index is 1.49. The van der Waals surface area contributed by atoms with Crippen molar-refractivity contribution in [2.75, 3.05) is 16.8 Å². The number of pyridine rings is 1. The van der Waals surface area contributed by atoms with Gasteiger partial charge in [-0.25, -0.2) is 9.78 Å². The Morgan fingerprint density at radius 1 is 1.21 bits per heavy atom. The molecule has 0 aromatic carbocycles. The van der Waals surface area contributed by atoms with Crippen LogP contribution < -0.4 is 10.2 Å². The topological polar surface area (TPSA) is 80.2 Å². The summed E-state index contributed by atoms with van der Waals surface area (Å²) in [6, 6.07) is 5.94. The number of carbonyl (C=O) groups excluding carboxylic acids is 1. The molecule has 1 aliphatic carbocycles. The lowest BCUT2D eigenvalue weighted by Gasteiger charge is -2.23. The summed E-state index contributed by atoms with van der Waals surface area (Å²) in [6.07, 6.45) is 5.65. The molecule has 3 heterocycles. The molecule has 2 aromatic heterocycles. The van der Waals surface area contributed by atoms with Crippen LogP contribution in [0.25, 0.3) is 0 Å². The summed E-state index contributed by atoms with van der Waals surface area (Å²) < 4.78 is 5.23. The van der Waals surface area contributed by atoms with Gasteiger partial charge in [0.2, 0.25) is 5.95 Å². The largest absolute Gasteiger partial charge is 0.447 e. The van der Waals surface area contributed by atoms with Crippen molar-refractivity contribution < 1.29 is 9.53 Å². The van der Waals surface area contributed by atoms with Gasteiger partial charge < -0.3 is 10.1 Å². The van der Waals surface area contributed by atoms with E-state index in [1.54, 1.807) is 17.2 Å². The van der Waals surface area contributed by atoms with Gasteiger partial charge in [0.15, 0.2) is 0 Å². The summed E-state index contributed by atoms with van der Waals surface area (Å²) >= 11 is 0. The zero-order valence-corrected chi connectivity index (χ0v) is 16.8. The number of carbonyl (C=O) groups is 1. The van der Waals surface area contributed by atoms with Gasteiger partial charge in [-0.05, 0) is 43.4 Å². The number of rotatable bonds is 6. The van der Waals surface area contributed by atoms with Crippen LogP contribution >= 0.6 is 0 Å². The maximum atomic E-state index is 12.2. The number of nitrogens with zero attached hydrogens (tertiary/aromatic N) is 4. The zero-order chi connectivity index (χ0) is 19.9. The van der Waals surface area contributed by atoms with Crippen molar-refractivity contribution in [3.63, 3.8) is 0 Å². The Kier molecular flexibility index (Phi) is 4.69. The van der Waals surface area contributed by atoms with Crippen LogP contribution in [0.15, 0.2) is 30.6 Å². The molecule has 28 heavy (non-hydrogen) atoms. The summed E-state index contributed by atoms with van der Waals surface area (Å²) in [5, 5.41) is 3.31. The molecule has 1 saturated carbocycles. The summed E-state index contributed by atoms with van der Waals surface area (Å²) in [6.45, 7) is 8.83. The standard InChI is InChI=1S/C21H27N5O2/c1-13(2)16-12-28-20(27)26(16)18-7-10-22-19(25-18)24-14(3)15-5-6-17(23-11-15)21(4)8-9-21/h5-7,10-11,13-14,16H,8-9,12H2,1-4H3,(H,22,24,25)/t14-,16+/m0/s1. The second kappa shape index (κ2) is 7.04. The fraction of sp³-hybridized carbons (Fsp3) is 0.524. The van der Waals surface area contributed by atoms with E-state index >= 15 is 0 Å². The van der Waals surface area contributed by atoms with E-state index in [2.05, 4.69) is 53.2 Å². The maximum Gasteiger partial charge on any atom is 0.415 e. The molecule has 1 aliphatic heterocycles. The molecule has 0 bridgehead atoms. The quantitative estimate of drug-likeness (QED) is 0.812. The summed E-state index contributed by atoms with van der Waals surface area (Å²) in [5.41, 5.74) is 2.50. The van der Waals surface area contributed by atoms with Crippen molar-refractivity contribution in [1.82, 2.24) is 15.0 Å². The summed E-state index contributed by atoms with van der Waals surface area (Å²) in [5.74, 6) is 1.31. The number of hydrogen-bond donors (Lipinski definition) is 1. The number of cyclic esters (lactones) is 1. The number of nitrogens with one attached hydrogen (secondary N) is 1. The van der Waals surface area contributed by atoms with Crippen molar-refractivity contribution in [3.8, 4) is 0 Å². The first-order valence-electron chi connectivity index (χ1n) is 9.89. The van der Waals surface area contributed by atoms with Crippen molar-refractivity contribution >= 4 is 17.9 Å². The Hall–Kier alpha value is -2.70. The van der Waals surface area contributed by atoms with Gasteiger partial charge in [0.05, 0.1) is 12.1 Å². The molecule has 7 heteroatoms. The minimum Gasteiger partial charge on any atom is -0.447 e. The lowest BCUT2D eigenvalue weighted by atomic mass is 10.0. The van der Waals surface area contributed by atoms with E-state index in [0.29, 0.717) is 18.4 Å². The van der Waals surface area contributed by atoms with E-state index in [-0.39, 0.29) is 29.5 Å². The highest BCUT2D eigenvalue weighted by Crippen LogP contribution is 2.46. The number of anilines is 2. The monoisotopic (exact) mass is 381 g/mol. The molecule has 2 aliphatic rings. The minimum atomic E-state index is -0.357. The van der Waals surface area contributed by atoms with E-state index in [4.69, 9.17) is 4.74 Å². The van der Waals surface area contributed by atoms with Crippen molar-refractivity contribution in [2.24, 2.45) is 5.92 Å². The molecule has 148 valence electrons. The van der Waals surface area contributed by atoms with Crippen LogP contribution in [-0.4, -0.2) is 33.7 Å². The van der Waals surface area contributed by atoms with Crippen molar-refractivity contribution in [2.45, 2.75) is 58.0 Å². The van der Waals surface area contributed by atoms with Gasteiger partial charge in [-0.2, -0.15) is 4.98 Å². The van der Waals surface area contributed by atoms with Crippen LogP contribution in [0.3, 0.4) is 0 Å². The highest BCUT2D eigenvalue weighted by Gasteiger charge is 2.40. The van der Waals surface area contributed by atoms with Crippen LogP contribution in [-0.2, 0) is 10.2 Å². The number of amides is 1. The molecule has 2 fully saturated rings. The predicted molar refractivity (Wildman–Crippen MR) is 107 cm³/mol. The molecule has 4 rings (SSSR count). The van der Waals surface area contributed by atoms with E-state index in [1.807, 2.05) is 13.1 Å². The predicted octanol–water partition coefficient (Wildman–Crippen LogP) is 4.08. The summed E-state index contributed by atoms with van der Waals surface area (Å²) in [4.78, 5) is 27.3. The molecular weight excluding hydrogens is 354 g/mol. The number of hydrogen-bond acceptors (Lipinski definition) is 6. The lowest BCUT2D eigenvalue weighted by molar-refractivity contribution is 0.177.